The smallest absolute Gasteiger partial charge is 0.0721 e. The van der Waals surface area contributed by atoms with E-state index in [4.69, 9.17) is 12.2 Å². The van der Waals surface area contributed by atoms with Crippen LogP contribution in [-0.2, 0) is 0 Å². The molecule has 0 aromatic rings. The van der Waals surface area contributed by atoms with Crippen molar-refractivity contribution in [1.82, 2.24) is 5.32 Å². The zero-order valence-electron chi connectivity index (χ0n) is 6.40. The van der Waals surface area contributed by atoms with Gasteiger partial charge >= 0.3 is 0 Å². The zero-order valence-corrected chi connectivity index (χ0v) is 7.22. The van der Waals surface area contributed by atoms with Crippen molar-refractivity contribution in [3.63, 3.8) is 0 Å². The highest BCUT2D eigenvalue weighted by molar-refractivity contribution is 7.80. The molecule has 0 aliphatic carbocycles. The van der Waals surface area contributed by atoms with Gasteiger partial charge in [0.25, 0.3) is 0 Å². The fourth-order valence-electron chi connectivity index (χ4n) is 0.537. The summed E-state index contributed by atoms with van der Waals surface area (Å²) < 4.78 is 0. The molecule has 0 aromatic heterocycles. The van der Waals surface area contributed by atoms with Gasteiger partial charge in [0.05, 0.1) is 4.99 Å². The van der Waals surface area contributed by atoms with Gasteiger partial charge in [-0.05, 0) is 19.3 Å². The first-order valence-corrected chi connectivity index (χ1v) is 3.78. The summed E-state index contributed by atoms with van der Waals surface area (Å²) in [5.41, 5.74) is 0. The van der Waals surface area contributed by atoms with Crippen LogP contribution >= 0.6 is 12.2 Å². The molecule has 54 valence electrons. The van der Waals surface area contributed by atoms with Crippen molar-refractivity contribution >= 4 is 17.2 Å². The maximum absolute atomic E-state index is 4.84. The molecule has 0 atom stereocenters. The molecule has 0 saturated carbocycles. The van der Waals surface area contributed by atoms with Crippen LogP contribution in [0.2, 0.25) is 0 Å². The standard InChI is InChI=1S/C7H15NS/c1-6(2)4-5-8-7(3)9/h6H,4-5H2,1-3H3,(H,8,9). The second kappa shape index (κ2) is 4.74. The lowest BCUT2D eigenvalue weighted by atomic mass is 10.1. The molecule has 0 aliphatic rings. The third-order valence-corrected chi connectivity index (χ3v) is 1.24. The first kappa shape index (κ1) is 8.89. The topological polar surface area (TPSA) is 12.0 Å². The summed E-state index contributed by atoms with van der Waals surface area (Å²) >= 11 is 4.84. The van der Waals surface area contributed by atoms with E-state index in [0.717, 1.165) is 17.5 Å². The largest absolute Gasteiger partial charge is 0.380 e. The molecule has 9 heavy (non-hydrogen) atoms. The molecule has 0 fully saturated rings. The van der Waals surface area contributed by atoms with E-state index < -0.39 is 0 Å². The Morgan fingerprint density at radius 3 is 2.44 bits per heavy atom. The second-order valence-electron chi connectivity index (χ2n) is 2.67. The number of hydrogen-bond donors (Lipinski definition) is 1. The Bertz CT molecular complexity index is 88.9. The molecular formula is C7H15NS. The molecule has 2 heteroatoms. The predicted octanol–water partition coefficient (Wildman–Crippen LogP) is 1.97. The third-order valence-electron chi connectivity index (χ3n) is 1.10. The summed E-state index contributed by atoms with van der Waals surface area (Å²) in [4.78, 5) is 0.899. The lowest BCUT2D eigenvalue weighted by Gasteiger charge is -2.04. The Labute approximate surface area is 62.8 Å². The quantitative estimate of drug-likeness (QED) is 0.609. The molecule has 1 nitrogen and oxygen atoms in total. The van der Waals surface area contributed by atoms with Crippen LogP contribution in [0.1, 0.15) is 27.2 Å². The third kappa shape index (κ3) is 7.89. The van der Waals surface area contributed by atoms with Crippen molar-refractivity contribution in [3.8, 4) is 0 Å². The van der Waals surface area contributed by atoms with E-state index in [0.29, 0.717) is 0 Å². The number of hydrogen-bond acceptors (Lipinski definition) is 1. The van der Waals surface area contributed by atoms with Gasteiger partial charge in [-0.2, -0.15) is 0 Å². The Morgan fingerprint density at radius 1 is 1.56 bits per heavy atom. The van der Waals surface area contributed by atoms with Gasteiger partial charge in [-0.1, -0.05) is 26.1 Å². The van der Waals surface area contributed by atoms with Gasteiger partial charge in [-0.15, -0.1) is 0 Å². The van der Waals surface area contributed by atoms with E-state index in [1.807, 2.05) is 6.92 Å². The Morgan fingerprint density at radius 2 is 2.11 bits per heavy atom. The van der Waals surface area contributed by atoms with E-state index >= 15 is 0 Å². The van der Waals surface area contributed by atoms with E-state index in [1.165, 1.54) is 6.42 Å². The van der Waals surface area contributed by atoms with Crippen LogP contribution in [0.15, 0.2) is 0 Å². The van der Waals surface area contributed by atoms with Crippen molar-refractivity contribution in [2.45, 2.75) is 27.2 Å². The highest BCUT2D eigenvalue weighted by Crippen LogP contribution is 1.95. The minimum Gasteiger partial charge on any atom is -0.380 e. The molecule has 0 bridgehead atoms. The maximum Gasteiger partial charge on any atom is 0.0721 e. The van der Waals surface area contributed by atoms with Gasteiger partial charge in [0.1, 0.15) is 0 Å². The van der Waals surface area contributed by atoms with Crippen LogP contribution in [0.25, 0.3) is 0 Å². The van der Waals surface area contributed by atoms with E-state index in [1.54, 1.807) is 0 Å². The molecule has 0 unspecified atom stereocenters. The van der Waals surface area contributed by atoms with Gasteiger partial charge in [-0.3, -0.25) is 0 Å². The van der Waals surface area contributed by atoms with Gasteiger partial charge in [0, 0.05) is 6.54 Å². The summed E-state index contributed by atoms with van der Waals surface area (Å²) in [7, 11) is 0. The summed E-state index contributed by atoms with van der Waals surface area (Å²) in [5, 5.41) is 3.11. The van der Waals surface area contributed by atoms with Crippen LogP contribution in [-0.4, -0.2) is 11.5 Å². The van der Waals surface area contributed by atoms with Crippen molar-refractivity contribution in [1.29, 1.82) is 0 Å². The number of thiocarbonyl (C=S) groups is 1. The SMILES string of the molecule is CC(=S)NCCC(C)C. The zero-order chi connectivity index (χ0) is 7.28. The second-order valence-corrected chi connectivity index (χ2v) is 3.28. The lowest BCUT2D eigenvalue weighted by Crippen LogP contribution is -2.20. The lowest BCUT2D eigenvalue weighted by molar-refractivity contribution is 0.579. The normalized spacial score (nSPS) is 9.78. The number of nitrogens with one attached hydrogen (secondary N) is 1. The van der Waals surface area contributed by atoms with E-state index in [2.05, 4.69) is 19.2 Å². The molecule has 1 N–H and O–H groups in total. The molecule has 0 saturated heterocycles. The van der Waals surface area contributed by atoms with Gasteiger partial charge in [-0.25, -0.2) is 0 Å². The molecule has 0 aromatic carbocycles. The first-order valence-electron chi connectivity index (χ1n) is 3.37. The molecular weight excluding hydrogens is 130 g/mol. The molecule has 0 heterocycles. The first-order chi connectivity index (χ1) is 4.13. The minimum atomic E-state index is 0.770. The van der Waals surface area contributed by atoms with Crippen LogP contribution in [0.3, 0.4) is 0 Å². The Balaban J connectivity index is 3.01. The van der Waals surface area contributed by atoms with Crippen molar-refractivity contribution in [2.75, 3.05) is 6.54 Å². The summed E-state index contributed by atoms with van der Waals surface area (Å²) in [6, 6.07) is 0. The minimum absolute atomic E-state index is 0.770. The maximum atomic E-state index is 4.84. The van der Waals surface area contributed by atoms with E-state index in [9.17, 15) is 0 Å². The van der Waals surface area contributed by atoms with Gasteiger partial charge in [0.2, 0.25) is 0 Å². The summed E-state index contributed by atoms with van der Waals surface area (Å²) in [6.45, 7) is 7.35. The van der Waals surface area contributed by atoms with Crippen LogP contribution in [0, 0.1) is 5.92 Å². The summed E-state index contributed by atoms with van der Waals surface area (Å²) in [6.07, 6.45) is 1.20. The van der Waals surface area contributed by atoms with Gasteiger partial charge in [0.15, 0.2) is 0 Å². The molecule has 0 spiro atoms. The molecule has 0 amide bonds. The van der Waals surface area contributed by atoms with Crippen LogP contribution < -0.4 is 5.32 Å². The number of rotatable bonds is 3. The molecule has 0 radical (unpaired) electrons. The average Bonchev–Trinajstić information content (AvgIpc) is 1.63. The van der Waals surface area contributed by atoms with Crippen LogP contribution in [0.5, 0.6) is 0 Å². The highest BCUT2D eigenvalue weighted by atomic mass is 32.1. The van der Waals surface area contributed by atoms with Crippen LogP contribution in [0.4, 0.5) is 0 Å². The molecule has 0 rings (SSSR count). The fraction of sp³-hybridized carbons (Fsp3) is 0.857. The van der Waals surface area contributed by atoms with Gasteiger partial charge < -0.3 is 5.32 Å². The fourth-order valence-corrected chi connectivity index (χ4v) is 0.639. The van der Waals surface area contributed by atoms with E-state index in [-0.39, 0.29) is 0 Å². The highest BCUT2D eigenvalue weighted by Gasteiger charge is 1.91. The molecule has 0 aliphatic heterocycles. The van der Waals surface area contributed by atoms with Crippen molar-refractivity contribution in [3.05, 3.63) is 0 Å². The average molecular weight is 145 g/mol. The summed E-state index contributed by atoms with van der Waals surface area (Å²) in [5.74, 6) is 0.770. The Kier molecular flexibility index (Phi) is 4.68. The monoisotopic (exact) mass is 145 g/mol. The predicted molar refractivity (Wildman–Crippen MR) is 45.7 cm³/mol. The van der Waals surface area contributed by atoms with Crippen molar-refractivity contribution in [2.24, 2.45) is 5.92 Å². The van der Waals surface area contributed by atoms with Crippen molar-refractivity contribution < 1.29 is 0 Å². The Hall–Kier alpha value is -0.110.